The fraction of sp³-hybridized carbons (Fsp3) is 0.286. The van der Waals surface area contributed by atoms with Crippen LogP contribution in [0.1, 0.15) is 12.1 Å². The highest BCUT2D eigenvalue weighted by Gasteiger charge is 2.18. The number of nitrogens with zero attached hydrogens (tertiary/aromatic N) is 1. The van der Waals surface area contributed by atoms with E-state index in [1.807, 2.05) is 0 Å². The van der Waals surface area contributed by atoms with Crippen LogP contribution in [0.25, 0.3) is 0 Å². The molecule has 0 aliphatic carbocycles. The van der Waals surface area contributed by atoms with Crippen molar-refractivity contribution in [2.75, 3.05) is 7.11 Å². The van der Waals surface area contributed by atoms with Gasteiger partial charge in [-0.2, -0.15) is 0 Å². The largest absolute Gasteiger partial charge is 0.494 e. The molecule has 0 aliphatic heterocycles. The van der Waals surface area contributed by atoms with Gasteiger partial charge in [-0.1, -0.05) is 0 Å². The van der Waals surface area contributed by atoms with E-state index in [2.05, 4.69) is 20.9 Å². The van der Waals surface area contributed by atoms with E-state index in [0.29, 0.717) is 13.8 Å². The lowest BCUT2D eigenvalue weighted by Gasteiger charge is -2.08. The predicted molar refractivity (Wildman–Crippen MR) is 56.2 cm³/mol. The van der Waals surface area contributed by atoms with Gasteiger partial charge in [0.05, 0.1) is 15.2 Å². The van der Waals surface area contributed by atoms with Crippen molar-refractivity contribution in [1.29, 1.82) is 0 Å². The topological polar surface area (TPSA) is 22.1 Å². The quantitative estimate of drug-likeness (QED) is 0.751. The summed E-state index contributed by atoms with van der Waals surface area (Å²) in [6.45, 7) is 0. The van der Waals surface area contributed by atoms with Gasteiger partial charge in [0.15, 0.2) is 0 Å². The van der Waals surface area contributed by atoms with E-state index in [-0.39, 0.29) is 5.69 Å². The smallest absolute Gasteiger partial charge is 0.281 e. The molecule has 0 bridgehead atoms. The van der Waals surface area contributed by atoms with Crippen LogP contribution in [0.3, 0.4) is 0 Å². The Morgan fingerprint density at radius 1 is 1.62 bits per heavy atom. The van der Waals surface area contributed by atoms with Crippen molar-refractivity contribution in [1.82, 2.24) is 4.98 Å². The minimum atomic E-state index is -2.58. The first-order valence-corrected chi connectivity index (χ1v) is 5.11. The van der Waals surface area contributed by atoms with Crippen LogP contribution in [0.5, 0.6) is 5.75 Å². The van der Waals surface area contributed by atoms with Crippen LogP contribution in [0.15, 0.2) is 10.7 Å². The molecule has 1 rings (SSSR count). The van der Waals surface area contributed by atoms with E-state index in [4.69, 9.17) is 4.74 Å². The SMILES string of the molecule is COc1c(Br)cnc(C(F)F)c1I. The molecule has 1 aromatic rings. The molecule has 0 atom stereocenters. The Bertz CT molecular complexity index is 322. The third-order valence-corrected chi connectivity index (χ3v) is 2.98. The highest BCUT2D eigenvalue weighted by molar-refractivity contribution is 14.1. The van der Waals surface area contributed by atoms with E-state index < -0.39 is 6.43 Å². The summed E-state index contributed by atoms with van der Waals surface area (Å²) in [5.74, 6) is 0.394. The number of rotatable bonds is 2. The van der Waals surface area contributed by atoms with Gasteiger partial charge in [0.2, 0.25) is 0 Å². The van der Waals surface area contributed by atoms with E-state index in [1.54, 1.807) is 22.6 Å². The first-order valence-electron chi connectivity index (χ1n) is 3.24. The summed E-state index contributed by atoms with van der Waals surface area (Å²) in [6.07, 6.45) is -1.27. The molecule has 0 aromatic carbocycles. The van der Waals surface area contributed by atoms with Gasteiger partial charge in [0.25, 0.3) is 6.43 Å². The van der Waals surface area contributed by atoms with Gasteiger partial charge in [0, 0.05) is 6.20 Å². The molecule has 0 radical (unpaired) electrons. The van der Waals surface area contributed by atoms with Crippen molar-refractivity contribution in [3.8, 4) is 5.75 Å². The van der Waals surface area contributed by atoms with E-state index in [1.165, 1.54) is 13.3 Å². The Balaban J connectivity index is 3.27. The lowest BCUT2D eigenvalue weighted by molar-refractivity contribution is 0.144. The Hall–Kier alpha value is 0.0200. The van der Waals surface area contributed by atoms with Gasteiger partial charge >= 0.3 is 0 Å². The molecule has 0 N–H and O–H groups in total. The Kier molecular flexibility index (Phi) is 3.84. The third kappa shape index (κ3) is 2.28. The molecule has 2 nitrogen and oxygen atoms in total. The predicted octanol–water partition coefficient (Wildman–Crippen LogP) is 3.39. The highest BCUT2D eigenvalue weighted by Crippen LogP contribution is 2.34. The molecule has 0 saturated heterocycles. The van der Waals surface area contributed by atoms with Crippen LogP contribution < -0.4 is 4.74 Å². The second-order valence-corrected chi connectivity index (χ2v) is 4.07. The van der Waals surface area contributed by atoms with Crippen LogP contribution in [0.4, 0.5) is 8.78 Å². The summed E-state index contributed by atoms with van der Waals surface area (Å²) < 4.78 is 30.5. The number of halogens is 4. The van der Waals surface area contributed by atoms with E-state index >= 15 is 0 Å². The molecule has 0 fully saturated rings. The maximum atomic E-state index is 12.3. The molecule has 13 heavy (non-hydrogen) atoms. The number of alkyl halides is 2. The summed E-state index contributed by atoms with van der Waals surface area (Å²) in [4.78, 5) is 3.60. The summed E-state index contributed by atoms with van der Waals surface area (Å²) in [7, 11) is 1.43. The lowest BCUT2D eigenvalue weighted by Crippen LogP contribution is -1.98. The van der Waals surface area contributed by atoms with Crippen molar-refractivity contribution >= 4 is 38.5 Å². The second kappa shape index (κ2) is 4.50. The zero-order chi connectivity index (χ0) is 10.0. The van der Waals surface area contributed by atoms with Gasteiger partial charge < -0.3 is 4.74 Å². The van der Waals surface area contributed by atoms with Gasteiger partial charge in [-0.3, -0.25) is 4.98 Å². The standard InChI is InChI=1S/C7H5BrF2INO/c1-13-6-3(8)2-12-5(4(6)11)7(9)10/h2,7H,1H3. The van der Waals surface area contributed by atoms with Gasteiger partial charge in [-0.15, -0.1) is 0 Å². The molecule has 0 saturated carbocycles. The molecular weight excluding hydrogens is 359 g/mol. The zero-order valence-electron chi connectivity index (χ0n) is 6.52. The molecular formula is C7H5BrF2INO. The number of ether oxygens (including phenoxy) is 1. The summed E-state index contributed by atoms with van der Waals surface area (Å²) >= 11 is 4.94. The average molecular weight is 364 g/mol. The first-order chi connectivity index (χ1) is 6.07. The molecule has 0 aliphatic rings. The maximum absolute atomic E-state index is 12.3. The third-order valence-electron chi connectivity index (χ3n) is 1.37. The van der Waals surface area contributed by atoms with Crippen LogP contribution in [0.2, 0.25) is 0 Å². The van der Waals surface area contributed by atoms with Crippen LogP contribution in [-0.4, -0.2) is 12.1 Å². The van der Waals surface area contributed by atoms with Gasteiger partial charge in [-0.05, 0) is 38.5 Å². The highest BCUT2D eigenvalue weighted by atomic mass is 127. The van der Waals surface area contributed by atoms with Crippen molar-refractivity contribution in [3.63, 3.8) is 0 Å². The lowest BCUT2D eigenvalue weighted by atomic mass is 10.3. The fourth-order valence-corrected chi connectivity index (χ4v) is 2.52. The minimum absolute atomic E-state index is 0.249. The first kappa shape index (κ1) is 11.1. The summed E-state index contributed by atoms with van der Waals surface area (Å²) in [6, 6.07) is 0. The summed E-state index contributed by atoms with van der Waals surface area (Å²) in [5, 5.41) is 0. The second-order valence-electron chi connectivity index (χ2n) is 2.14. The normalized spacial score (nSPS) is 10.6. The van der Waals surface area contributed by atoms with Gasteiger partial charge in [-0.25, -0.2) is 8.78 Å². The van der Waals surface area contributed by atoms with Crippen molar-refractivity contribution in [2.24, 2.45) is 0 Å². The Morgan fingerprint density at radius 2 is 2.23 bits per heavy atom. The van der Waals surface area contributed by atoms with E-state index in [9.17, 15) is 8.78 Å². The molecule has 0 amide bonds. The fourth-order valence-electron chi connectivity index (χ4n) is 0.802. The van der Waals surface area contributed by atoms with Crippen LogP contribution >= 0.6 is 38.5 Å². The number of aromatic nitrogens is 1. The number of hydrogen-bond donors (Lipinski definition) is 0. The van der Waals surface area contributed by atoms with Crippen LogP contribution in [-0.2, 0) is 0 Å². The molecule has 6 heteroatoms. The summed E-state index contributed by atoms with van der Waals surface area (Å²) in [5.41, 5.74) is -0.249. The number of hydrogen-bond acceptors (Lipinski definition) is 2. The Morgan fingerprint density at radius 3 is 2.69 bits per heavy atom. The molecule has 0 spiro atoms. The zero-order valence-corrected chi connectivity index (χ0v) is 10.3. The van der Waals surface area contributed by atoms with Crippen molar-refractivity contribution in [2.45, 2.75) is 6.43 Å². The molecule has 1 aromatic heterocycles. The van der Waals surface area contributed by atoms with Crippen molar-refractivity contribution in [3.05, 3.63) is 19.9 Å². The van der Waals surface area contributed by atoms with E-state index in [0.717, 1.165) is 0 Å². The molecule has 1 heterocycles. The molecule has 0 unspecified atom stereocenters. The Labute approximate surface area is 96.0 Å². The maximum Gasteiger partial charge on any atom is 0.281 e. The van der Waals surface area contributed by atoms with Gasteiger partial charge in [0.1, 0.15) is 11.4 Å². The monoisotopic (exact) mass is 363 g/mol. The van der Waals surface area contributed by atoms with Crippen molar-refractivity contribution < 1.29 is 13.5 Å². The molecule has 72 valence electrons. The number of pyridine rings is 1. The van der Waals surface area contributed by atoms with Crippen LogP contribution in [0, 0.1) is 3.57 Å². The minimum Gasteiger partial charge on any atom is -0.494 e. The average Bonchev–Trinajstić information content (AvgIpc) is 2.04. The number of methoxy groups -OCH3 is 1.